The number of pyridine rings is 1. The van der Waals surface area contributed by atoms with Crippen molar-refractivity contribution in [1.82, 2.24) is 4.98 Å². The van der Waals surface area contributed by atoms with Crippen molar-refractivity contribution in [3.63, 3.8) is 0 Å². The molecule has 0 aliphatic heterocycles. The van der Waals surface area contributed by atoms with Gasteiger partial charge in [-0.3, -0.25) is 0 Å². The molecule has 88 valence electrons. The second-order valence-electron chi connectivity index (χ2n) is 3.93. The average Bonchev–Trinajstić information content (AvgIpc) is 2.25. The number of hydrogen-bond donors (Lipinski definition) is 1. The van der Waals surface area contributed by atoms with Crippen LogP contribution in [0.1, 0.15) is 11.1 Å². The molecule has 0 atom stereocenters. The Bertz CT molecular complexity index is 506. The first-order valence-corrected chi connectivity index (χ1v) is 6.38. The van der Waals surface area contributed by atoms with E-state index in [0.717, 1.165) is 27.1 Å². The third-order valence-electron chi connectivity index (χ3n) is 2.42. The SMILES string of the molecule is Cc1ccc(Nc2ncc(Br)cc2C)c(Cl)c1. The molecule has 0 fully saturated rings. The Morgan fingerprint density at radius 2 is 2.00 bits per heavy atom. The molecule has 2 aromatic rings. The summed E-state index contributed by atoms with van der Waals surface area (Å²) in [6.07, 6.45) is 1.76. The van der Waals surface area contributed by atoms with Crippen LogP contribution in [0.5, 0.6) is 0 Å². The molecule has 2 nitrogen and oxygen atoms in total. The summed E-state index contributed by atoms with van der Waals surface area (Å²) >= 11 is 9.55. The minimum atomic E-state index is 0.703. The lowest BCUT2D eigenvalue weighted by Gasteiger charge is -2.10. The van der Waals surface area contributed by atoms with Gasteiger partial charge in [-0.05, 0) is 59.1 Å². The molecule has 0 saturated carbocycles. The summed E-state index contributed by atoms with van der Waals surface area (Å²) in [5, 5.41) is 3.93. The van der Waals surface area contributed by atoms with Crippen molar-refractivity contribution >= 4 is 39.0 Å². The maximum absolute atomic E-state index is 6.16. The Balaban J connectivity index is 2.31. The maximum atomic E-state index is 6.16. The highest BCUT2D eigenvalue weighted by Crippen LogP contribution is 2.27. The van der Waals surface area contributed by atoms with Gasteiger partial charge in [0.2, 0.25) is 0 Å². The number of nitrogens with zero attached hydrogens (tertiary/aromatic N) is 1. The topological polar surface area (TPSA) is 24.9 Å². The highest BCUT2D eigenvalue weighted by molar-refractivity contribution is 9.10. The van der Waals surface area contributed by atoms with Gasteiger partial charge in [0.15, 0.2) is 0 Å². The highest BCUT2D eigenvalue weighted by atomic mass is 79.9. The molecule has 1 aromatic heterocycles. The lowest BCUT2D eigenvalue weighted by atomic mass is 10.2. The van der Waals surface area contributed by atoms with Crippen LogP contribution >= 0.6 is 27.5 Å². The van der Waals surface area contributed by atoms with Crippen molar-refractivity contribution in [2.45, 2.75) is 13.8 Å². The van der Waals surface area contributed by atoms with E-state index in [1.807, 2.05) is 38.1 Å². The molecule has 0 radical (unpaired) electrons. The molecule has 0 amide bonds. The third-order valence-corrected chi connectivity index (χ3v) is 3.17. The van der Waals surface area contributed by atoms with Crippen molar-refractivity contribution in [3.8, 4) is 0 Å². The van der Waals surface area contributed by atoms with Crippen LogP contribution in [0.15, 0.2) is 34.9 Å². The molecule has 1 aromatic carbocycles. The largest absolute Gasteiger partial charge is 0.339 e. The molecule has 0 saturated heterocycles. The summed E-state index contributed by atoms with van der Waals surface area (Å²) in [5.41, 5.74) is 3.08. The lowest BCUT2D eigenvalue weighted by Crippen LogP contribution is -1.97. The highest BCUT2D eigenvalue weighted by Gasteiger charge is 2.04. The Labute approximate surface area is 114 Å². The van der Waals surface area contributed by atoms with Gasteiger partial charge in [-0.25, -0.2) is 4.98 Å². The summed E-state index contributed by atoms with van der Waals surface area (Å²) in [6, 6.07) is 7.92. The number of aryl methyl sites for hydroxylation is 2. The molecule has 17 heavy (non-hydrogen) atoms. The van der Waals surface area contributed by atoms with E-state index >= 15 is 0 Å². The van der Waals surface area contributed by atoms with Crippen LogP contribution in [0.2, 0.25) is 5.02 Å². The van der Waals surface area contributed by atoms with Gasteiger partial charge in [0.1, 0.15) is 5.82 Å². The Hall–Kier alpha value is -1.06. The summed E-state index contributed by atoms with van der Waals surface area (Å²) in [7, 11) is 0. The second kappa shape index (κ2) is 5.07. The van der Waals surface area contributed by atoms with Gasteiger partial charge < -0.3 is 5.32 Å². The molecule has 0 spiro atoms. The molecule has 0 aliphatic carbocycles. The van der Waals surface area contributed by atoms with E-state index in [1.165, 1.54) is 0 Å². The van der Waals surface area contributed by atoms with Gasteiger partial charge >= 0.3 is 0 Å². The molecule has 2 rings (SSSR count). The van der Waals surface area contributed by atoms with Gasteiger partial charge in [-0.2, -0.15) is 0 Å². The second-order valence-corrected chi connectivity index (χ2v) is 5.25. The Kier molecular flexibility index (Phi) is 3.69. The van der Waals surface area contributed by atoms with Gasteiger partial charge in [0.25, 0.3) is 0 Å². The zero-order chi connectivity index (χ0) is 12.4. The zero-order valence-electron chi connectivity index (χ0n) is 9.59. The fourth-order valence-corrected chi connectivity index (χ4v) is 2.25. The molecule has 1 N–H and O–H groups in total. The van der Waals surface area contributed by atoms with Crippen LogP contribution in [-0.4, -0.2) is 4.98 Å². The van der Waals surface area contributed by atoms with Crippen LogP contribution < -0.4 is 5.32 Å². The fourth-order valence-electron chi connectivity index (χ4n) is 1.52. The van der Waals surface area contributed by atoms with Crippen LogP contribution in [-0.2, 0) is 0 Å². The van der Waals surface area contributed by atoms with Crippen LogP contribution in [0.25, 0.3) is 0 Å². The van der Waals surface area contributed by atoms with Gasteiger partial charge in [-0.1, -0.05) is 17.7 Å². The first-order valence-electron chi connectivity index (χ1n) is 5.21. The number of anilines is 2. The zero-order valence-corrected chi connectivity index (χ0v) is 11.9. The predicted molar refractivity (Wildman–Crippen MR) is 76.1 cm³/mol. The molecule has 0 bridgehead atoms. The smallest absolute Gasteiger partial charge is 0.133 e. The van der Waals surface area contributed by atoms with E-state index < -0.39 is 0 Å². The number of halogens is 2. The van der Waals surface area contributed by atoms with Gasteiger partial charge in [0.05, 0.1) is 10.7 Å². The van der Waals surface area contributed by atoms with Crippen molar-refractivity contribution in [3.05, 3.63) is 51.1 Å². The van der Waals surface area contributed by atoms with Crippen LogP contribution in [0.3, 0.4) is 0 Å². The van der Waals surface area contributed by atoms with Crippen molar-refractivity contribution < 1.29 is 0 Å². The fraction of sp³-hybridized carbons (Fsp3) is 0.154. The van der Waals surface area contributed by atoms with E-state index in [4.69, 9.17) is 11.6 Å². The Morgan fingerprint density at radius 3 is 2.65 bits per heavy atom. The quantitative estimate of drug-likeness (QED) is 0.857. The summed E-state index contributed by atoms with van der Waals surface area (Å²) in [5.74, 6) is 0.818. The van der Waals surface area contributed by atoms with E-state index in [0.29, 0.717) is 5.02 Å². The minimum Gasteiger partial charge on any atom is -0.339 e. The van der Waals surface area contributed by atoms with Crippen LogP contribution in [0.4, 0.5) is 11.5 Å². The lowest BCUT2D eigenvalue weighted by molar-refractivity contribution is 1.24. The number of rotatable bonds is 2. The molecule has 4 heteroatoms. The third kappa shape index (κ3) is 2.99. The van der Waals surface area contributed by atoms with E-state index in [9.17, 15) is 0 Å². The van der Waals surface area contributed by atoms with E-state index in [-0.39, 0.29) is 0 Å². The number of hydrogen-bond acceptors (Lipinski definition) is 2. The van der Waals surface area contributed by atoms with Gasteiger partial charge in [0, 0.05) is 10.7 Å². The molecular weight excluding hydrogens is 300 g/mol. The first-order chi connectivity index (χ1) is 8.06. The number of nitrogens with one attached hydrogen (secondary N) is 1. The van der Waals surface area contributed by atoms with Gasteiger partial charge in [-0.15, -0.1) is 0 Å². The normalized spacial score (nSPS) is 10.4. The van der Waals surface area contributed by atoms with Crippen molar-refractivity contribution in [1.29, 1.82) is 0 Å². The van der Waals surface area contributed by atoms with Crippen LogP contribution in [0, 0.1) is 13.8 Å². The summed E-state index contributed by atoms with van der Waals surface area (Å²) < 4.78 is 0.968. The molecule has 0 aliphatic rings. The van der Waals surface area contributed by atoms with Crippen molar-refractivity contribution in [2.24, 2.45) is 0 Å². The monoisotopic (exact) mass is 310 g/mol. The van der Waals surface area contributed by atoms with Crippen molar-refractivity contribution in [2.75, 3.05) is 5.32 Å². The number of aromatic nitrogens is 1. The Morgan fingerprint density at radius 1 is 1.24 bits per heavy atom. The average molecular weight is 312 g/mol. The maximum Gasteiger partial charge on any atom is 0.133 e. The first kappa shape index (κ1) is 12.4. The minimum absolute atomic E-state index is 0.703. The molecule has 0 unspecified atom stereocenters. The molecule has 1 heterocycles. The summed E-state index contributed by atoms with van der Waals surface area (Å²) in [6.45, 7) is 4.01. The number of benzene rings is 1. The predicted octanol–water partition coefficient (Wildman–Crippen LogP) is 4.86. The van der Waals surface area contributed by atoms with E-state index in [1.54, 1.807) is 6.20 Å². The summed E-state index contributed by atoms with van der Waals surface area (Å²) in [4.78, 5) is 4.32. The molecular formula is C13H12BrClN2. The van der Waals surface area contributed by atoms with E-state index in [2.05, 4.69) is 26.2 Å². The standard InChI is InChI=1S/C13H12BrClN2/c1-8-3-4-12(11(15)5-8)17-13-9(2)6-10(14)7-16-13/h3-7H,1-2H3,(H,16,17).